The van der Waals surface area contributed by atoms with Crippen molar-refractivity contribution in [3.8, 4) is 6.07 Å². The normalized spacial score (nSPS) is 17.0. The van der Waals surface area contributed by atoms with Gasteiger partial charge in [0.25, 0.3) is 5.56 Å². The summed E-state index contributed by atoms with van der Waals surface area (Å²) >= 11 is 1.74. The molecule has 0 saturated carbocycles. The van der Waals surface area contributed by atoms with E-state index < -0.39 is 11.2 Å². The quantitative estimate of drug-likeness (QED) is 0.837. The molecule has 0 aromatic carbocycles. The Bertz CT molecular complexity index is 916. The lowest BCUT2D eigenvalue weighted by Crippen LogP contribution is -2.45. The Kier molecular flexibility index (Phi) is 3.86. The van der Waals surface area contributed by atoms with Gasteiger partial charge in [-0.1, -0.05) is 6.92 Å². The van der Waals surface area contributed by atoms with Gasteiger partial charge in [-0.2, -0.15) is 5.26 Å². The lowest BCUT2D eigenvalue weighted by molar-refractivity contribution is 0.545. The second kappa shape index (κ2) is 5.70. The molecule has 0 bridgehead atoms. The van der Waals surface area contributed by atoms with E-state index in [1.807, 2.05) is 11.0 Å². The Morgan fingerprint density at radius 3 is 2.74 bits per heavy atom. The fourth-order valence-electron chi connectivity index (χ4n) is 3.36. The van der Waals surface area contributed by atoms with Crippen molar-refractivity contribution in [3.05, 3.63) is 48.3 Å². The van der Waals surface area contributed by atoms with Crippen molar-refractivity contribution in [2.75, 3.05) is 11.4 Å². The molecule has 2 aromatic heterocycles. The second-order valence-electron chi connectivity index (χ2n) is 5.68. The first-order valence-electron chi connectivity index (χ1n) is 7.54. The van der Waals surface area contributed by atoms with Crippen LogP contribution in [0.4, 0.5) is 5.82 Å². The molecule has 120 valence electrons. The summed E-state index contributed by atoms with van der Waals surface area (Å²) in [7, 11) is 3.02. The molecule has 0 fully saturated rings. The van der Waals surface area contributed by atoms with Gasteiger partial charge in [-0.05, 0) is 29.9 Å². The highest BCUT2D eigenvalue weighted by Crippen LogP contribution is 2.38. The van der Waals surface area contributed by atoms with Gasteiger partial charge < -0.3 is 4.90 Å². The first-order valence-corrected chi connectivity index (χ1v) is 8.42. The molecule has 3 heterocycles. The van der Waals surface area contributed by atoms with Gasteiger partial charge in [-0.3, -0.25) is 13.9 Å². The molecular formula is C16H18N4O2S. The molecule has 1 aliphatic heterocycles. The van der Waals surface area contributed by atoms with Crippen molar-refractivity contribution >= 4 is 17.2 Å². The fraction of sp³-hybridized carbons (Fsp3) is 0.438. The maximum atomic E-state index is 12.3. The second-order valence-corrected chi connectivity index (χ2v) is 6.68. The van der Waals surface area contributed by atoms with Crippen LogP contribution in [-0.2, 0) is 20.5 Å². The van der Waals surface area contributed by atoms with Gasteiger partial charge in [0.1, 0.15) is 11.9 Å². The van der Waals surface area contributed by atoms with Crippen molar-refractivity contribution in [2.24, 2.45) is 14.1 Å². The molecule has 7 heteroatoms. The van der Waals surface area contributed by atoms with Crippen LogP contribution in [0.1, 0.15) is 35.4 Å². The zero-order valence-electron chi connectivity index (χ0n) is 13.4. The Balaban J connectivity index is 2.26. The van der Waals surface area contributed by atoms with E-state index >= 15 is 0 Å². The monoisotopic (exact) mass is 330 g/mol. The average Bonchev–Trinajstić information content (AvgIpc) is 3.03. The van der Waals surface area contributed by atoms with Crippen molar-refractivity contribution in [3.63, 3.8) is 0 Å². The van der Waals surface area contributed by atoms with Crippen molar-refractivity contribution in [2.45, 2.75) is 25.8 Å². The van der Waals surface area contributed by atoms with Crippen LogP contribution in [0.3, 0.4) is 0 Å². The predicted octanol–water partition coefficient (Wildman–Crippen LogP) is 1.53. The fourth-order valence-corrected chi connectivity index (χ4v) is 4.29. The lowest BCUT2D eigenvalue weighted by Gasteiger charge is -2.38. The molecule has 23 heavy (non-hydrogen) atoms. The highest BCUT2D eigenvalue weighted by Gasteiger charge is 2.31. The zero-order valence-corrected chi connectivity index (χ0v) is 14.2. The standard InChI is InChI=1S/C16H18N4O2S/c1-4-12-10-6-8-23-13(10)5-7-20(12)14-11(9-17)15(21)19(3)16(22)18(14)2/h6,8,12H,4-5,7H2,1-3H3/t12-/m0/s1. The van der Waals surface area contributed by atoms with E-state index in [1.54, 1.807) is 18.4 Å². The lowest BCUT2D eigenvalue weighted by atomic mass is 9.97. The molecule has 1 atom stereocenters. The van der Waals surface area contributed by atoms with Gasteiger partial charge in [0.05, 0.1) is 6.04 Å². The molecule has 0 unspecified atom stereocenters. The minimum absolute atomic E-state index is 0.0340. The van der Waals surface area contributed by atoms with Crippen molar-refractivity contribution in [1.82, 2.24) is 9.13 Å². The summed E-state index contributed by atoms with van der Waals surface area (Å²) in [5, 5.41) is 11.6. The van der Waals surface area contributed by atoms with Crippen LogP contribution in [0, 0.1) is 11.3 Å². The molecular weight excluding hydrogens is 312 g/mol. The van der Waals surface area contributed by atoms with Crippen LogP contribution in [0.25, 0.3) is 0 Å². The maximum Gasteiger partial charge on any atom is 0.332 e. The molecule has 0 radical (unpaired) electrons. The number of rotatable bonds is 2. The number of hydrogen-bond acceptors (Lipinski definition) is 5. The van der Waals surface area contributed by atoms with E-state index in [-0.39, 0.29) is 11.6 Å². The van der Waals surface area contributed by atoms with Gasteiger partial charge in [-0.25, -0.2) is 4.79 Å². The number of anilines is 1. The molecule has 0 N–H and O–H groups in total. The third kappa shape index (κ3) is 2.21. The summed E-state index contributed by atoms with van der Waals surface area (Å²) in [4.78, 5) is 28.0. The number of nitriles is 1. The van der Waals surface area contributed by atoms with Crippen LogP contribution in [0.2, 0.25) is 0 Å². The largest absolute Gasteiger partial charge is 0.349 e. The number of hydrogen-bond donors (Lipinski definition) is 0. The summed E-state index contributed by atoms with van der Waals surface area (Å²) in [6.07, 6.45) is 1.70. The van der Waals surface area contributed by atoms with E-state index in [0.29, 0.717) is 12.4 Å². The first kappa shape index (κ1) is 15.6. The zero-order chi connectivity index (χ0) is 16.7. The van der Waals surface area contributed by atoms with E-state index in [9.17, 15) is 14.9 Å². The summed E-state index contributed by atoms with van der Waals surface area (Å²) < 4.78 is 2.41. The van der Waals surface area contributed by atoms with Crippen LogP contribution in [0.15, 0.2) is 21.0 Å². The van der Waals surface area contributed by atoms with Gasteiger partial charge in [-0.15, -0.1) is 11.3 Å². The molecule has 2 aromatic rings. The Hall–Kier alpha value is -2.33. The average molecular weight is 330 g/mol. The van der Waals surface area contributed by atoms with Gasteiger partial charge in [0.15, 0.2) is 5.56 Å². The Labute approximate surface area is 137 Å². The summed E-state index contributed by atoms with van der Waals surface area (Å²) in [5.74, 6) is 0.435. The molecule has 1 aliphatic rings. The molecule has 6 nitrogen and oxygen atoms in total. The van der Waals surface area contributed by atoms with Gasteiger partial charge in [0, 0.05) is 25.5 Å². The van der Waals surface area contributed by atoms with Crippen LogP contribution < -0.4 is 16.1 Å². The Morgan fingerprint density at radius 1 is 1.35 bits per heavy atom. The first-order chi connectivity index (χ1) is 11.0. The Morgan fingerprint density at radius 2 is 2.09 bits per heavy atom. The van der Waals surface area contributed by atoms with Crippen molar-refractivity contribution in [1.29, 1.82) is 5.26 Å². The predicted molar refractivity (Wildman–Crippen MR) is 90.0 cm³/mol. The molecule has 0 amide bonds. The van der Waals surface area contributed by atoms with Crippen LogP contribution in [-0.4, -0.2) is 15.7 Å². The molecule has 0 saturated heterocycles. The van der Waals surface area contributed by atoms with E-state index in [0.717, 1.165) is 17.4 Å². The minimum atomic E-state index is -0.531. The number of aromatic nitrogens is 2. The summed E-state index contributed by atoms with van der Waals surface area (Å²) in [5.41, 5.74) is 0.332. The number of nitrogens with zero attached hydrogens (tertiary/aromatic N) is 4. The van der Waals surface area contributed by atoms with E-state index in [2.05, 4.69) is 18.4 Å². The third-order valence-corrected chi connectivity index (χ3v) is 5.50. The van der Waals surface area contributed by atoms with E-state index in [4.69, 9.17) is 0 Å². The molecule has 3 rings (SSSR count). The smallest absolute Gasteiger partial charge is 0.332 e. The highest BCUT2D eigenvalue weighted by atomic mass is 32.1. The number of fused-ring (bicyclic) bond motifs is 1. The molecule has 0 spiro atoms. The number of thiophene rings is 1. The van der Waals surface area contributed by atoms with E-state index in [1.165, 1.54) is 22.1 Å². The molecule has 0 aliphatic carbocycles. The minimum Gasteiger partial charge on any atom is -0.349 e. The van der Waals surface area contributed by atoms with Gasteiger partial charge >= 0.3 is 5.69 Å². The van der Waals surface area contributed by atoms with Crippen molar-refractivity contribution < 1.29 is 0 Å². The maximum absolute atomic E-state index is 12.3. The highest BCUT2D eigenvalue weighted by molar-refractivity contribution is 7.10. The summed E-state index contributed by atoms with van der Waals surface area (Å²) in [6.45, 7) is 2.77. The summed E-state index contributed by atoms with van der Waals surface area (Å²) in [6, 6.07) is 4.18. The third-order valence-electron chi connectivity index (χ3n) is 4.50. The topological polar surface area (TPSA) is 71.0 Å². The van der Waals surface area contributed by atoms with Crippen LogP contribution >= 0.6 is 11.3 Å². The SMILES string of the molecule is CC[C@H]1c2ccsc2CCN1c1c(C#N)c(=O)n(C)c(=O)n1C. The van der Waals surface area contributed by atoms with Gasteiger partial charge in [0.2, 0.25) is 0 Å². The van der Waals surface area contributed by atoms with Crippen LogP contribution in [0.5, 0.6) is 0 Å².